The summed E-state index contributed by atoms with van der Waals surface area (Å²) in [4.78, 5) is 18.6. The first-order valence-electron chi connectivity index (χ1n) is 10.7. The topological polar surface area (TPSA) is 66.8 Å². The Morgan fingerprint density at radius 2 is 1.74 bits per heavy atom. The van der Waals surface area contributed by atoms with E-state index in [0.717, 1.165) is 52.8 Å². The van der Waals surface area contributed by atoms with E-state index in [1.54, 1.807) is 6.20 Å². The van der Waals surface area contributed by atoms with Crippen LogP contribution in [0.3, 0.4) is 0 Å². The summed E-state index contributed by atoms with van der Waals surface area (Å²) >= 11 is 1.45. The number of aromatic nitrogens is 4. The minimum absolute atomic E-state index is 0.0858. The van der Waals surface area contributed by atoms with E-state index in [0.29, 0.717) is 5.75 Å². The SMILES string of the molecule is O=C(CSc1nnc(CN2CCCCC2)n1-c1ccccc1)c1c[nH]c2ccccc12. The standard InChI is InChI=1S/C24H25N5OS/c30-22(20-15-25-21-12-6-5-11-19(20)21)17-31-24-27-26-23(16-28-13-7-2-8-14-28)29(24)18-9-3-1-4-10-18/h1,3-6,9-12,15,25H,2,7-8,13-14,16-17H2. The minimum atomic E-state index is 0.0858. The maximum Gasteiger partial charge on any atom is 0.196 e. The molecule has 7 heteroatoms. The average molecular weight is 432 g/mol. The van der Waals surface area contributed by atoms with Crippen LogP contribution in [0.2, 0.25) is 0 Å². The Balaban J connectivity index is 1.38. The quantitative estimate of drug-likeness (QED) is 0.339. The number of H-pyrrole nitrogens is 1. The normalized spacial score (nSPS) is 14.8. The Labute approximate surface area is 185 Å². The lowest BCUT2D eigenvalue weighted by atomic mass is 10.1. The molecule has 0 bridgehead atoms. The van der Waals surface area contributed by atoms with E-state index >= 15 is 0 Å². The largest absolute Gasteiger partial charge is 0.360 e. The van der Waals surface area contributed by atoms with Crippen LogP contribution in [-0.2, 0) is 6.54 Å². The van der Waals surface area contributed by atoms with Crippen molar-refractivity contribution in [1.82, 2.24) is 24.6 Å². The monoisotopic (exact) mass is 431 g/mol. The van der Waals surface area contributed by atoms with E-state index in [-0.39, 0.29) is 5.78 Å². The third-order valence-corrected chi connectivity index (χ3v) is 6.68. The molecule has 0 spiro atoms. The summed E-state index contributed by atoms with van der Waals surface area (Å²) in [5, 5.41) is 10.7. The van der Waals surface area contributed by atoms with Crippen molar-refractivity contribution in [2.45, 2.75) is 31.0 Å². The molecule has 5 rings (SSSR count). The number of Topliss-reactive ketones (excluding diaryl/α,β-unsaturated/α-hetero) is 1. The number of rotatable bonds is 7. The molecule has 0 amide bonds. The molecule has 1 aliphatic heterocycles. The second-order valence-corrected chi connectivity index (χ2v) is 8.81. The van der Waals surface area contributed by atoms with Crippen molar-refractivity contribution in [2.75, 3.05) is 18.8 Å². The number of nitrogens with zero attached hydrogens (tertiary/aromatic N) is 4. The number of ketones is 1. The molecular weight excluding hydrogens is 406 g/mol. The Hall–Kier alpha value is -2.90. The molecule has 31 heavy (non-hydrogen) atoms. The number of thioether (sulfide) groups is 1. The van der Waals surface area contributed by atoms with Crippen LogP contribution in [0, 0.1) is 0 Å². The number of aromatic amines is 1. The van der Waals surface area contributed by atoms with Crippen LogP contribution in [0.25, 0.3) is 16.6 Å². The Morgan fingerprint density at radius 1 is 0.968 bits per heavy atom. The Kier molecular flexibility index (Phi) is 5.86. The smallest absolute Gasteiger partial charge is 0.196 e. The third-order valence-electron chi connectivity index (χ3n) is 5.75. The lowest BCUT2D eigenvalue weighted by molar-refractivity contribution is 0.102. The van der Waals surface area contributed by atoms with Crippen molar-refractivity contribution in [3.8, 4) is 5.69 Å². The number of hydrogen-bond donors (Lipinski definition) is 1. The summed E-state index contributed by atoms with van der Waals surface area (Å²) in [5.74, 6) is 1.33. The summed E-state index contributed by atoms with van der Waals surface area (Å²) in [6, 6.07) is 18.1. The molecule has 0 unspecified atom stereocenters. The van der Waals surface area contributed by atoms with Gasteiger partial charge in [-0.25, -0.2) is 0 Å². The predicted octanol–water partition coefficient (Wildman–Crippen LogP) is 4.71. The second kappa shape index (κ2) is 9.08. The number of piperidine rings is 1. The number of para-hydroxylation sites is 2. The lowest BCUT2D eigenvalue weighted by Gasteiger charge is -2.26. The van der Waals surface area contributed by atoms with Gasteiger partial charge in [0.1, 0.15) is 0 Å². The van der Waals surface area contributed by atoms with Gasteiger partial charge in [-0.1, -0.05) is 54.6 Å². The van der Waals surface area contributed by atoms with Gasteiger partial charge in [0.15, 0.2) is 16.8 Å². The highest BCUT2D eigenvalue weighted by Crippen LogP contribution is 2.26. The highest BCUT2D eigenvalue weighted by molar-refractivity contribution is 7.99. The van der Waals surface area contributed by atoms with Gasteiger partial charge in [0, 0.05) is 28.4 Å². The van der Waals surface area contributed by atoms with Gasteiger partial charge in [-0.3, -0.25) is 14.3 Å². The van der Waals surface area contributed by atoms with E-state index in [1.165, 1.54) is 31.0 Å². The van der Waals surface area contributed by atoms with E-state index in [4.69, 9.17) is 0 Å². The Morgan fingerprint density at radius 3 is 2.58 bits per heavy atom. The molecule has 1 fully saturated rings. The maximum atomic E-state index is 13.0. The van der Waals surface area contributed by atoms with Crippen LogP contribution in [0.15, 0.2) is 66.0 Å². The summed E-state index contributed by atoms with van der Waals surface area (Å²) in [6.07, 6.45) is 5.58. The highest BCUT2D eigenvalue weighted by Gasteiger charge is 2.20. The number of likely N-dealkylation sites (tertiary alicyclic amines) is 1. The van der Waals surface area contributed by atoms with Gasteiger partial charge in [0.05, 0.1) is 12.3 Å². The molecule has 1 aliphatic rings. The number of benzene rings is 2. The maximum absolute atomic E-state index is 13.0. The van der Waals surface area contributed by atoms with Crippen molar-refractivity contribution < 1.29 is 4.79 Å². The number of carbonyl (C=O) groups is 1. The van der Waals surface area contributed by atoms with Crippen molar-refractivity contribution in [2.24, 2.45) is 0 Å². The van der Waals surface area contributed by atoms with Crippen molar-refractivity contribution in [3.63, 3.8) is 0 Å². The molecule has 2 aromatic heterocycles. The molecule has 0 saturated carbocycles. The fourth-order valence-corrected chi connectivity index (χ4v) is 5.01. The molecule has 6 nitrogen and oxygen atoms in total. The fraction of sp³-hybridized carbons (Fsp3) is 0.292. The van der Waals surface area contributed by atoms with Gasteiger partial charge < -0.3 is 4.98 Å². The van der Waals surface area contributed by atoms with Crippen LogP contribution in [0.5, 0.6) is 0 Å². The highest BCUT2D eigenvalue weighted by atomic mass is 32.2. The Bertz CT molecular complexity index is 1180. The van der Waals surface area contributed by atoms with Crippen LogP contribution in [0.4, 0.5) is 0 Å². The van der Waals surface area contributed by atoms with Crippen molar-refractivity contribution in [1.29, 1.82) is 0 Å². The molecular formula is C24H25N5OS. The molecule has 1 saturated heterocycles. The van der Waals surface area contributed by atoms with Crippen LogP contribution in [-0.4, -0.2) is 49.3 Å². The first-order chi connectivity index (χ1) is 15.3. The lowest BCUT2D eigenvalue weighted by Crippen LogP contribution is -2.30. The first-order valence-corrected chi connectivity index (χ1v) is 11.7. The zero-order valence-electron chi connectivity index (χ0n) is 17.3. The minimum Gasteiger partial charge on any atom is -0.360 e. The third kappa shape index (κ3) is 4.29. The molecule has 2 aromatic carbocycles. The van der Waals surface area contributed by atoms with Crippen LogP contribution >= 0.6 is 11.8 Å². The zero-order valence-corrected chi connectivity index (χ0v) is 18.1. The molecule has 0 atom stereocenters. The number of fused-ring (bicyclic) bond motifs is 1. The summed E-state index contributed by atoms with van der Waals surface area (Å²) < 4.78 is 2.10. The summed E-state index contributed by atoms with van der Waals surface area (Å²) in [6.45, 7) is 2.98. The molecule has 0 radical (unpaired) electrons. The summed E-state index contributed by atoms with van der Waals surface area (Å²) in [5.41, 5.74) is 2.73. The number of nitrogens with one attached hydrogen (secondary N) is 1. The predicted molar refractivity (Wildman–Crippen MR) is 124 cm³/mol. The number of hydrogen-bond acceptors (Lipinski definition) is 5. The molecule has 4 aromatic rings. The van der Waals surface area contributed by atoms with E-state index in [2.05, 4.69) is 36.8 Å². The number of carbonyl (C=O) groups excluding carboxylic acids is 1. The average Bonchev–Trinajstić information content (AvgIpc) is 3.43. The van der Waals surface area contributed by atoms with Crippen LogP contribution < -0.4 is 0 Å². The first kappa shape index (κ1) is 20.0. The van der Waals surface area contributed by atoms with Gasteiger partial charge in [-0.15, -0.1) is 10.2 Å². The zero-order chi connectivity index (χ0) is 21.0. The van der Waals surface area contributed by atoms with Crippen LogP contribution in [0.1, 0.15) is 35.4 Å². The van der Waals surface area contributed by atoms with E-state index < -0.39 is 0 Å². The van der Waals surface area contributed by atoms with Gasteiger partial charge in [0.2, 0.25) is 0 Å². The summed E-state index contributed by atoms with van der Waals surface area (Å²) in [7, 11) is 0. The molecule has 3 heterocycles. The molecule has 0 aliphatic carbocycles. The van der Waals surface area contributed by atoms with Gasteiger partial charge in [-0.2, -0.15) is 0 Å². The van der Waals surface area contributed by atoms with E-state index in [9.17, 15) is 4.79 Å². The van der Waals surface area contributed by atoms with Gasteiger partial charge in [0.25, 0.3) is 0 Å². The van der Waals surface area contributed by atoms with Crippen molar-refractivity contribution in [3.05, 3.63) is 72.2 Å². The molecule has 1 N–H and O–H groups in total. The van der Waals surface area contributed by atoms with Gasteiger partial charge >= 0.3 is 0 Å². The van der Waals surface area contributed by atoms with Gasteiger partial charge in [-0.05, 0) is 44.1 Å². The second-order valence-electron chi connectivity index (χ2n) is 7.87. The molecule has 158 valence electrons. The fourth-order valence-electron chi connectivity index (χ4n) is 4.16. The van der Waals surface area contributed by atoms with E-state index in [1.807, 2.05) is 42.5 Å². The van der Waals surface area contributed by atoms with Crippen molar-refractivity contribution >= 4 is 28.4 Å².